The van der Waals surface area contributed by atoms with Crippen molar-refractivity contribution in [2.75, 3.05) is 20.6 Å². The number of piperidine rings is 1. The number of amides is 2. The predicted molar refractivity (Wildman–Crippen MR) is 110 cm³/mol. The van der Waals surface area contributed by atoms with E-state index in [-0.39, 0.29) is 30.1 Å². The number of guanidine groups is 1. The molecule has 0 aliphatic carbocycles. The van der Waals surface area contributed by atoms with Gasteiger partial charge in [-0.1, -0.05) is 0 Å². The van der Waals surface area contributed by atoms with Gasteiger partial charge >= 0.3 is 6.09 Å². The smallest absolute Gasteiger partial charge is 0.410 e. The number of hydrogen-bond acceptors (Lipinski definition) is 4. The second kappa shape index (κ2) is 8.57. The average molecular weight is 396 g/mol. The summed E-state index contributed by atoms with van der Waals surface area (Å²) < 4.78 is 5.60. The molecule has 0 saturated carbocycles. The van der Waals surface area contributed by atoms with E-state index < -0.39 is 11.0 Å². The van der Waals surface area contributed by atoms with E-state index in [0.717, 1.165) is 25.7 Å². The molecule has 2 saturated heterocycles. The Kier molecular flexibility index (Phi) is 6.83. The number of aliphatic imine (C=N–C) groups is 1. The van der Waals surface area contributed by atoms with Gasteiger partial charge in [-0.05, 0) is 60.3 Å². The second-order valence-corrected chi connectivity index (χ2v) is 9.47. The van der Waals surface area contributed by atoms with E-state index >= 15 is 0 Å². The van der Waals surface area contributed by atoms with Crippen molar-refractivity contribution in [3.63, 3.8) is 0 Å². The highest BCUT2D eigenvalue weighted by Crippen LogP contribution is 2.36. The number of carbonyl (C=O) groups is 2. The lowest BCUT2D eigenvalue weighted by atomic mass is 9.92. The lowest BCUT2D eigenvalue weighted by Gasteiger charge is -2.40. The Labute approximate surface area is 168 Å². The molecule has 2 aliphatic heterocycles. The van der Waals surface area contributed by atoms with Crippen LogP contribution >= 0.6 is 0 Å². The number of nitrogens with zero attached hydrogens (tertiary/aromatic N) is 2. The highest BCUT2D eigenvalue weighted by molar-refractivity contribution is 5.84. The summed E-state index contributed by atoms with van der Waals surface area (Å²) in [5, 5.41) is 9.42. The number of nitrogens with one attached hydrogen (secondary N) is 3. The first kappa shape index (κ1) is 22.3. The molecule has 3 N–H and O–H groups in total. The second-order valence-electron chi connectivity index (χ2n) is 9.47. The lowest BCUT2D eigenvalue weighted by molar-refractivity contribution is -0.128. The first-order valence-electron chi connectivity index (χ1n) is 10.2. The van der Waals surface area contributed by atoms with Crippen molar-refractivity contribution >= 4 is 18.0 Å². The molecule has 0 aromatic carbocycles. The van der Waals surface area contributed by atoms with Crippen LogP contribution in [0, 0.1) is 5.41 Å². The number of hydrogen-bond donors (Lipinski definition) is 3. The van der Waals surface area contributed by atoms with Gasteiger partial charge in [0.05, 0.1) is 5.41 Å². The van der Waals surface area contributed by atoms with Crippen LogP contribution < -0.4 is 16.0 Å². The van der Waals surface area contributed by atoms with Crippen LogP contribution in [0.1, 0.15) is 60.3 Å². The molecule has 2 aliphatic rings. The first-order valence-corrected chi connectivity index (χ1v) is 10.2. The Balaban J connectivity index is 1.91. The van der Waals surface area contributed by atoms with Gasteiger partial charge in [0.2, 0.25) is 5.91 Å². The van der Waals surface area contributed by atoms with Crippen molar-refractivity contribution in [2.24, 2.45) is 10.4 Å². The van der Waals surface area contributed by atoms with Crippen LogP contribution in [0.5, 0.6) is 0 Å². The molecule has 28 heavy (non-hydrogen) atoms. The number of carbonyl (C=O) groups excluding carboxylic acids is 2. The van der Waals surface area contributed by atoms with E-state index in [0.29, 0.717) is 12.5 Å². The Morgan fingerprint density at radius 3 is 2.14 bits per heavy atom. The minimum Gasteiger partial charge on any atom is -0.444 e. The maximum atomic E-state index is 12.6. The van der Waals surface area contributed by atoms with Crippen molar-refractivity contribution in [3.05, 3.63) is 0 Å². The van der Waals surface area contributed by atoms with E-state index in [2.05, 4.69) is 20.9 Å². The average Bonchev–Trinajstić information content (AvgIpc) is 2.87. The predicted octanol–water partition coefficient (Wildman–Crippen LogP) is 1.85. The topological polar surface area (TPSA) is 95.1 Å². The van der Waals surface area contributed by atoms with Crippen molar-refractivity contribution in [1.29, 1.82) is 0 Å². The fourth-order valence-corrected chi connectivity index (χ4v) is 4.02. The Bertz CT molecular complexity index is 597. The van der Waals surface area contributed by atoms with Gasteiger partial charge in [0.1, 0.15) is 5.60 Å². The summed E-state index contributed by atoms with van der Waals surface area (Å²) in [7, 11) is 3.37. The molecule has 2 atom stereocenters. The summed E-state index contributed by atoms with van der Waals surface area (Å²) in [4.78, 5) is 30.8. The van der Waals surface area contributed by atoms with Gasteiger partial charge in [0, 0.05) is 38.8 Å². The fourth-order valence-electron chi connectivity index (χ4n) is 4.02. The summed E-state index contributed by atoms with van der Waals surface area (Å²) in [6, 6.07) is 0.642. The monoisotopic (exact) mass is 395 g/mol. The molecular formula is C20H37N5O3. The largest absolute Gasteiger partial charge is 0.444 e. The van der Waals surface area contributed by atoms with E-state index in [1.807, 2.05) is 39.5 Å². The maximum absolute atomic E-state index is 12.6. The third-order valence-electron chi connectivity index (χ3n) is 5.44. The number of ether oxygens (including phenoxy) is 1. The minimum absolute atomic E-state index is 0.0147. The summed E-state index contributed by atoms with van der Waals surface area (Å²) >= 11 is 0. The first-order chi connectivity index (χ1) is 13.0. The fraction of sp³-hybridized carbons (Fsp3) is 0.850. The van der Waals surface area contributed by atoms with Crippen molar-refractivity contribution in [1.82, 2.24) is 20.9 Å². The molecule has 8 heteroatoms. The Morgan fingerprint density at radius 1 is 1.11 bits per heavy atom. The van der Waals surface area contributed by atoms with E-state index in [1.165, 1.54) is 0 Å². The van der Waals surface area contributed by atoms with Gasteiger partial charge < -0.3 is 25.6 Å². The van der Waals surface area contributed by atoms with Gasteiger partial charge in [-0.3, -0.25) is 9.79 Å². The zero-order valence-electron chi connectivity index (χ0n) is 18.4. The van der Waals surface area contributed by atoms with Crippen LogP contribution in [0.4, 0.5) is 4.79 Å². The number of rotatable bonds is 4. The SMILES string of the molecule is CN=C(NCC(C)(C)C(=O)NC)NC1CC2CCC(C1)N2C(=O)OC(C)(C)C. The van der Waals surface area contributed by atoms with Crippen LogP contribution in [0.3, 0.4) is 0 Å². The summed E-state index contributed by atoms with van der Waals surface area (Å²) in [5.74, 6) is 0.672. The molecule has 2 rings (SSSR count). The molecule has 8 nitrogen and oxygen atoms in total. The highest BCUT2D eigenvalue weighted by Gasteiger charge is 2.45. The maximum Gasteiger partial charge on any atom is 0.410 e. The summed E-state index contributed by atoms with van der Waals surface area (Å²) in [6.45, 7) is 9.97. The third-order valence-corrected chi connectivity index (χ3v) is 5.44. The van der Waals surface area contributed by atoms with E-state index in [4.69, 9.17) is 4.74 Å². The molecule has 160 valence electrons. The molecule has 2 bridgehead atoms. The van der Waals surface area contributed by atoms with Gasteiger partial charge in [0.15, 0.2) is 5.96 Å². The lowest BCUT2D eigenvalue weighted by Crippen LogP contribution is -2.55. The standard InChI is InChI=1S/C20H37N5O3/c1-19(2,3)28-18(27)25-14-8-9-15(25)11-13(10-14)24-17(22-7)23-12-20(4,5)16(26)21-6/h13-15H,8-12H2,1-7H3,(H,21,26)(H2,22,23,24). The Hall–Kier alpha value is -1.99. The molecule has 0 aromatic rings. The Morgan fingerprint density at radius 2 is 1.68 bits per heavy atom. The summed E-state index contributed by atoms with van der Waals surface area (Å²) in [6.07, 6.45) is 3.56. The zero-order chi connectivity index (χ0) is 21.1. The normalized spacial score (nSPS) is 25.3. The molecular weight excluding hydrogens is 358 g/mol. The third kappa shape index (κ3) is 5.52. The quantitative estimate of drug-likeness (QED) is 0.499. The molecule has 0 radical (unpaired) electrons. The van der Waals surface area contributed by atoms with Gasteiger partial charge in [-0.25, -0.2) is 4.79 Å². The molecule has 2 amide bonds. The molecule has 0 spiro atoms. The van der Waals surface area contributed by atoms with Crippen LogP contribution in [-0.2, 0) is 9.53 Å². The van der Waals surface area contributed by atoms with E-state index in [1.54, 1.807) is 14.1 Å². The minimum atomic E-state index is -0.536. The number of fused-ring (bicyclic) bond motifs is 2. The molecule has 2 fully saturated rings. The van der Waals surface area contributed by atoms with Gasteiger partial charge in [-0.2, -0.15) is 0 Å². The van der Waals surface area contributed by atoms with Crippen molar-refractivity contribution < 1.29 is 14.3 Å². The molecule has 2 unspecified atom stereocenters. The van der Waals surface area contributed by atoms with Gasteiger partial charge in [-0.15, -0.1) is 0 Å². The van der Waals surface area contributed by atoms with E-state index in [9.17, 15) is 9.59 Å². The van der Waals surface area contributed by atoms with Gasteiger partial charge in [0.25, 0.3) is 0 Å². The molecule has 0 aromatic heterocycles. The zero-order valence-corrected chi connectivity index (χ0v) is 18.4. The summed E-state index contributed by atoms with van der Waals surface area (Å²) in [5.41, 5.74) is -1.01. The van der Waals surface area contributed by atoms with Crippen LogP contribution in [0.2, 0.25) is 0 Å². The van der Waals surface area contributed by atoms with Crippen LogP contribution in [0.25, 0.3) is 0 Å². The highest BCUT2D eigenvalue weighted by atomic mass is 16.6. The van der Waals surface area contributed by atoms with Crippen LogP contribution in [-0.4, -0.2) is 67.2 Å². The van der Waals surface area contributed by atoms with Crippen molar-refractivity contribution in [2.45, 2.75) is 84.0 Å². The molecule has 2 heterocycles. The van der Waals surface area contributed by atoms with Crippen LogP contribution in [0.15, 0.2) is 4.99 Å². The van der Waals surface area contributed by atoms with Crippen molar-refractivity contribution in [3.8, 4) is 0 Å².